The molecule has 3 rings (SSSR count). The molecule has 8 heteroatoms. The molecule has 0 aromatic heterocycles. The van der Waals surface area contributed by atoms with Crippen LogP contribution in [0.15, 0.2) is 48.5 Å². The number of nitrogens with one attached hydrogen (secondary N) is 2. The monoisotopic (exact) mass is 471 g/mol. The predicted octanol–water partition coefficient (Wildman–Crippen LogP) is 3.06. The second-order valence-electron chi connectivity index (χ2n) is 8.21. The molecule has 1 fully saturated rings. The lowest BCUT2D eigenvalue weighted by atomic mass is 9.88. The summed E-state index contributed by atoms with van der Waals surface area (Å²) in [4.78, 5) is 40.5. The second-order valence-corrected chi connectivity index (χ2v) is 8.62. The molecule has 1 atom stereocenters. The second kappa shape index (κ2) is 11.8. The van der Waals surface area contributed by atoms with E-state index >= 15 is 0 Å². The zero-order chi connectivity index (χ0) is 23.8. The Bertz CT molecular complexity index is 989. The number of carbonyl (C=O) groups excluding carboxylic acids is 3. The van der Waals surface area contributed by atoms with Gasteiger partial charge in [0, 0.05) is 32.3 Å². The lowest BCUT2D eigenvalue weighted by molar-refractivity contribution is -0.124. The number of amides is 3. The minimum Gasteiger partial charge on any atom is -0.383 e. The first kappa shape index (κ1) is 24.7. The van der Waals surface area contributed by atoms with E-state index in [0.717, 1.165) is 5.56 Å². The van der Waals surface area contributed by atoms with Gasteiger partial charge in [0.1, 0.15) is 6.04 Å². The zero-order valence-corrected chi connectivity index (χ0v) is 19.7. The van der Waals surface area contributed by atoms with Crippen LogP contribution < -0.4 is 10.6 Å². The predicted molar refractivity (Wildman–Crippen MR) is 127 cm³/mol. The highest BCUT2D eigenvalue weighted by Crippen LogP contribution is 2.24. The van der Waals surface area contributed by atoms with Gasteiger partial charge in [-0.05, 0) is 49.9 Å². The van der Waals surface area contributed by atoms with E-state index in [4.69, 9.17) is 16.3 Å². The Labute approximate surface area is 199 Å². The SMILES string of the molecule is COCCNC(=O)[C@@H](NC(=O)c1ccccc1Cl)C1CCN(C(=O)c2cccc(C)c2)CC1. The number of likely N-dealkylation sites (tertiary alicyclic amines) is 1. The fraction of sp³-hybridized carbons (Fsp3) is 0.400. The van der Waals surface area contributed by atoms with Crippen LogP contribution in [0, 0.1) is 12.8 Å². The van der Waals surface area contributed by atoms with Gasteiger partial charge in [-0.15, -0.1) is 0 Å². The van der Waals surface area contributed by atoms with E-state index in [1.165, 1.54) is 0 Å². The van der Waals surface area contributed by atoms with E-state index in [2.05, 4.69) is 10.6 Å². The van der Waals surface area contributed by atoms with Gasteiger partial charge in [0.05, 0.1) is 17.2 Å². The number of carbonyl (C=O) groups is 3. The van der Waals surface area contributed by atoms with Gasteiger partial charge in [-0.2, -0.15) is 0 Å². The maximum atomic E-state index is 12.9. The van der Waals surface area contributed by atoms with Gasteiger partial charge in [-0.1, -0.05) is 41.4 Å². The van der Waals surface area contributed by atoms with Crippen molar-refractivity contribution in [3.8, 4) is 0 Å². The quantitative estimate of drug-likeness (QED) is 0.579. The molecular weight excluding hydrogens is 442 g/mol. The van der Waals surface area contributed by atoms with E-state index in [1.807, 2.05) is 31.2 Å². The molecule has 0 unspecified atom stereocenters. The first-order valence-corrected chi connectivity index (χ1v) is 11.5. The van der Waals surface area contributed by atoms with E-state index in [-0.39, 0.29) is 17.7 Å². The molecule has 0 bridgehead atoms. The van der Waals surface area contributed by atoms with Crippen molar-refractivity contribution in [1.29, 1.82) is 0 Å². The summed E-state index contributed by atoms with van der Waals surface area (Å²) in [5, 5.41) is 6.03. The Balaban J connectivity index is 1.69. The fourth-order valence-electron chi connectivity index (χ4n) is 4.04. The average Bonchev–Trinajstić information content (AvgIpc) is 2.82. The van der Waals surface area contributed by atoms with Crippen LogP contribution in [0.4, 0.5) is 0 Å². The van der Waals surface area contributed by atoms with E-state index in [0.29, 0.717) is 55.2 Å². The molecule has 176 valence electrons. The van der Waals surface area contributed by atoms with Gasteiger partial charge in [0.2, 0.25) is 5.91 Å². The molecule has 1 heterocycles. The number of halogens is 1. The van der Waals surface area contributed by atoms with E-state index in [9.17, 15) is 14.4 Å². The van der Waals surface area contributed by atoms with Gasteiger partial charge in [-0.3, -0.25) is 14.4 Å². The van der Waals surface area contributed by atoms with Crippen molar-refractivity contribution in [1.82, 2.24) is 15.5 Å². The third kappa shape index (κ3) is 6.55. The summed E-state index contributed by atoms with van der Waals surface area (Å²) in [6, 6.07) is 13.5. The first-order valence-electron chi connectivity index (χ1n) is 11.1. The number of nitrogens with zero attached hydrogens (tertiary/aromatic N) is 1. The summed E-state index contributed by atoms with van der Waals surface area (Å²) in [7, 11) is 1.56. The van der Waals surface area contributed by atoms with Gasteiger partial charge in [0.25, 0.3) is 11.8 Å². The highest BCUT2D eigenvalue weighted by Gasteiger charge is 2.34. The van der Waals surface area contributed by atoms with Crippen molar-refractivity contribution >= 4 is 29.3 Å². The van der Waals surface area contributed by atoms with Crippen molar-refractivity contribution in [2.24, 2.45) is 5.92 Å². The smallest absolute Gasteiger partial charge is 0.253 e. The van der Waals surface area contributed by atoms with Crippen LogP contribution in [0.3, 0.4) is 0 Å². The number of ether oxygens (including phenoxy) is 1. The Morgan fingerprint density at radius 2 is 1.85 bits per heavy atom. The van der Waals surface area contributed by atoms with Crippen molar-refractivity contribution < 1.29 is 19.1 Å². The van der Waals surface area contributed by atoms with E-state index in [1.54, 1.807) is 36.3 Å². The number of benzene rings is 2. The van der Waals surface area contributed by atoms with Crippen LogP contribution in [0.1, 0.15) is 39.1 Å². The number of piperidine rings is 1. The van der Waals surface area contributed by atoms with Crippen molar-refractivity contribution in [3.63, 3.8) is 0 Å². The molecule has 1 saturated heterocycles. The van der Waals surface area contributed by atoms with Crippen LogP contribution in [-0.2, 0) is 9.53 Å². The minimum absolute atomic E-state index is 0.0154. The van der Waals surface area contributed by atoms with Gasteiger partial charge in [-0.25, -0.2) is 0 Å². The minimum atomic E-state index is -0.734. The highest BCUT2D eigenvalue weighted by molar-refractivity contribution is 6.33. The number of rotatable bonds is 8. The molecule has 3 amide bonds. The molecule has 33 heavy (non-hydrogen) atoms. The first-order chi connectivity index (χ1) is 15.9. The number of hydrogen-bond acceptors (Lipinski definition) is 4. The molecule has 0 radical (unpaired) electrons. The van der Waals surface area contributed by atoms with Crippen LogP contribution in [0.25, 0.3) is 0 Å². The topological polar surface area (TPSA) is 87.7 Å². The maximum Gasteiger partial charge on any atom is 0.253 e. The maximum absolute atomic E-state index is 12.9. The molecule has 0 spiro atoms. The lowest BCUT2D eigenvalue weighted by Crippen LogP contribution is -2.54. The van der Waals surface area contributed by atoms with E-state index < -0.39 is 11.9 Å². The third-order valence-corrected chi connectivity index (χ3v) is 6.19. The Kier molecular flexibility index (Phi) is 8.86. The Morgan fingerprint density at radius 1 is 1.12 bits per heavy atom. The van der Waals surface area contributed by atoms with Crippen LogP contribution in [0.2, 0.25) is 5.02 Å². The Morgan fingerprint density at radius 3 is 2.52 bits per heavy atom. The van der Waals surface area contributed by atoms with Crippen molar-refractivity contribution in [3.05, 3.63) is 70.2 Å². The van der Waals surface area contributed by atoms with Crippen LogP contribution in [0.5, 0.6) is 0 Å². The normalized spacial score (nSPS) is 15.1. The number of hydrogen-bond donors (Lipinski definition) is 2. The summed E-state index contributed by atoms with van der Waals surface area (Å²) < 4.78 is 5.01. The molecule has 0 aliphatic carbocycles. The molecule has 1 aliphatic rings. The lowest BCUT2D eigenvalue weighted by Gasteiger charge is -2.36. The molecule has 0 saturated carbocycles. The average molecular weight is 472 g/mol. The van der Waals surface area contributed by atoms with Gasteiger partial charge >= 0.3 is 0 Å². The third-order valence-electron chi connectivity index (χ3n) is 5.86. The number of methoxy groups -OCH3 is 1. The Hall–Kier alpha value is -2.90. The molecule has 1 aliphatic heterocycles. The molecule has 7 nitrogen and oxygen atoms in total. The molecule has 2 aromatic rings. The molecular formula is C25H30ClN3O4. The summed E-state index contributed by atoms with van der Waals surface area (Å²) in [5.74, 6) is -0.791. The standard InChI is InChI=1S/C25H30ClN3O4/c1-17-6-5-7-19(16-17)25(32)29-13-10-18(11-14-29)22(24(31)27-12-15-33-2)28-23(30)20-8-3-4-9-21(20)26/h3-9,16,18,22H,10-15H2,1-2H3,(H,27,31)(H,28,30)/t22-/m0/s1. The molecule has 2 aromatic carbocycles. The zero-order valence-electron chi connectivity index (χ0n) is 19.0. The van der Waals surface area contributed by atoms with Crippen molar-refractivity contribution in [2.75, 3.05) is 33.4 Å². The highest BCUT2D eigenvalue weighted by atomic mass is 35.5. The van der Waals surface area contributed by atoms with Crippen LogP contribution in [-0.4, -0.2) is 62.0 Å². The summed E-state index contributed by atoms with van der Waals surface area (Å²) in [6.45, 7) is 3.71. The summed E-state index contributed by atoms with van der Waals surface area (Å²) >= 11 is 6.17. The largest absolute Gasteiger partial charge is 0.383 e. The van der Waals surface area contributed by atoms with Gasteiger partial charge in [0.15, 0.2) is 0 Å². The molecule has 2 N–H and O–H groups in total. The number of aryl methyl sites for hydroxylation is 1. The summed E-state index contributed by atoms with van der Waals surface area (Å²) in [6.07, 6.45) is 1.20. The fourth-order valence-corrected chi connectivity index (χ4v) is 4.27. The summed E-state index contributed by atoms with van der Waals surface area (Å²) in [5.41, 5.74) is 2.01. The van der Waals surface area contributed by atoms with Gasteiger partial charge < -0.3 is 20.3 Å². The van der Waals surface area contributed by atoms with Crippen LogP contribution >= 0.6 is 11.6 Å². The van der Waals surface area contributed by atoms with Crippen molar-refractivity contribution in [2.45, 2.75) is 25.8 Å².